The molecule has 2 aromatic rings. The lowest BCUT2D eigenvalue weighted by molar-refractivity contribution is -0.167. The van der Waals surface area contributed by atoms with Gasteiger partial charge in [0.05, 0.1) is 16.3 Å². The Labute approximate surface area is 175 Å². The Hall–Kier alpha value is -1.74. The third-order valence-corrected chi connectivity index (χ3v) is 6.03. The van der Waals surface area contributed by atoms with E-state index in [9.17, 15) is 18.0 Å². The van der Waals surface area contributed by atoms with Gasteiger partial charge in [0.25, 0.3) is 0 Å². The van der Waals surface area contributed by atoms with Crippen LogP contribution < -0.4 is 5.32 Å². The van der Waals surface area contributed by atoms with Gasteiger partial charge >= 0.3 is 12.1 Å². The van der Waals surface area contributed by atoms with Crippen molar-refractivity contribution in [2.45, 2.75) is 34.4 Å². The van der Waals surface area contributed by atoms with Crippen LogP contribution >= 0.6 is 23.4 Å². The number of methoxy groups -OCH3 is 1. The van der Waals surface area contributed by atoms with Gasteiger partial charge in [-0.25, -0.2) is 0 Å². The number of carbonyl (C=O) groups excluding carboxylic acids is 1. The SMILES string of the molecule is COC1(c2cccc(Sc3ccc(NC(=O)C(F)(F)F)c(Cl)c3)c2)CCOCC1. The first-order chi connectivity index (χ1) is 13.7. The first-order valence-corrected chi connectivity index (χ1v) is 10.0. The minimum Gasteiger partial charge on any atom is -0.381 e. The smallest absolute Gasteiger partial charge is 0.381 e. The van der Waals surface area contributed by atoms with E-state index in [1.54, 1.807) is 18.5 Å². The maximum absolute atomic E-state index is 12.4. The Bertz CT molecular complexity index is 886. The highest BCUT2D eigenvalue weighted by molar-refractivity contribution is 7.99. The molecule has 1 N–H and O–H groups in total. The van der Waals surface area contributed by atoms with E-state index in [-0.39, 0.29) is 10.7 Å². The van der Waals surface area contributed by atoms with E-state index in [0.29, 0.717) is 13.2 Å². The molecule has 1 aliphatic heterocycles. The number of rotatable bonds is 5. The quantitative estimate of drug-likeness (QED) is 0.646. The van der Waals surface area contributed by atoms with Crippen molar-refractivity contribution in [1.29, 1.82) is 0 Å². The maximum Gasteiger partial charge on any atom is 0.471 e. The van der Waals surface area contributed by atoms with Crippen molar-refractivity contribution in [2.24, 2.45) is 0 Å². The van der Waals surface area contributed by atoms with Crippen LogP contribution in [0.4, 0.5) is 18.9 Å². The Kier molecular flexibility index (Phi) is 6.78. The summed E-state index contributed by atoms with van der Waals surface area (Å²) in [5.74, 6) is -2.06. The highest BCUT2D eigenvalue weighted by Crippen LogP contribution is 2.39. The highest BCUT2D eigenvalue weighted by Gasteiger charge is 2.39. The molecule has 3 rings (SSSR count). The minimum absolute atomic E-state index is 0.0292. The van der Waals surface area contributed by atoms with Gasteiger partial charge in [0.2, 0.25) is 0 Å². The van der Waals surface area contributed by atoms with Crippen molar-refractivity contribution in [1.82, 2.24) is 0 Å². The van der Waals surface area contributed by atoms with E-state index < -0.39 is 17.7 Å². The summed E-state index contributed by atoms with van der Waals surface area (Å²) in [6.07, 6.45) is -3.45. The van der Waals surface area contributed by atoms with Gasteiger partial charge in [-0.1, -0.05) is 35.5 Å². The number of carbonyl (C=O) groups is 1. The number of anilines is 1. The number of hydrogen-bond acceptors (Lipinski definition) is 4. The molecule has 156 valence electrons. The Morgan fingerprint density at radius 3 is 2.48 bits per heavy atom. The molecule has 0 saturated carbocycles. The molecule has 0 bridgehead atoms. The first kappa shape index (κ1) is 22.0. The molecule has 4 nitrogen and oxygen atoms in total. The van der Waals surface area contributed by atoms with Crippen LogP contribution in [0.25, 0.3) is 0 Å². The Balaban J connectivity index is 1.77. The standard InChI is InChI=1S/C20H19ClF3NO3S/c1-27-19(7-9-28-10-8-19)13-3-2-4-14(11-13)29-15-5-6-17(16(21)12-15)25-18(26)20(22,23)24/h2-6,11-12H,7-10H2,1H3,(H,25,26). The second kappa shape index (κ2) is 8.95. The number of benzene rings is 2. The number of hydrogen-bond donors (Lipinski definition) is 1. The summed E-state index contributed by atoms with van der Waals surface area (Å²) in [4.78, 5) is 12.8. The van der Waals surface area contributed by atoms with Crippen molar-refractivity contribution in [2.75, 3.05) is 25.6 Å². The third kappa shape index (κ3) is 5.25. The number of amides is 1. The van der Waals surface area contributed by atoms with Crippen LogP contribution in [0.5, 0.6) is 0 Å². The molecular weight excluding hydrogens is 427 g/mol. The fraction of sp³-hybridized carbons (Fsp3) is 0.350. The number of alkyl halides is 3. The fourth-order valence-corrected chi connectivity index (χ4v) is 4.35. The molecule has 2 aromatic carbocycles. The van der Waals surface area contributed by atoms with Crippen molar-refractivity contribution < 1.29 is 27.4 Å². The molecule has 9 heteroatoms. The van der Waals surface area contributed by atoms with Crippen molar-refractivity contribution in [3.8, 4) is 0 Å². The monoisotopic (exact) mass is 445 g/mol. The van der Waals surface area contributed by atoms with Crippen molar-refractivity contribution in [3.05, 3.63) is 53.1 Å². The zero-order valence-corrected chi connectivity index (χ0v) is 17.1. The van der Waals surface area contributed by atoms with Crippen molar-refractivity contribution in [3.63, 3.8) is 0 Å². The maximum atomic E-state index is 12.4. The molecule has 0 aromatic heterocycles. The molecule has 29 heavy (non-hydrogen) atoms. The van der Waals surface area contributed by atoms with Gasteiger partial charge in [-0.2, -0.15) is 13.2 Å². The second-order valence-corrected chi connectivity index (χ2v) is 8.09. The van der Waals surface area contributed by atoms with Gasteiger partial charge in [0.15, 0.2) is 0 Å². The van der Waals surface area contributed by atoms with Crippen LogP contribution in [0.1, 0.15) is 18.4 Å². The van der Waals surface area contributed by atoms with E-state index >= 15 is 0 Å². The van der Waals surface area contributed by atoms with Gasteiger partial charge in [0.1, 0.15) is 0 Å². The zero-order chi connectivity index (χ0) is 21.1. The zero-order valence-electron chi connectivity index (χ0n) is 15.5. The van der Waals surface area contributed by atoms with Crippen LogP contribution in [-0.4, -0.2) is 32.4 Å². The number of halogens is 4. The summed E-state index contributed by atoms with van der Waals surface area (Å²) in [6, 6.07) is 12.4. The summed E-state index contributed by atoms with van der Waals surface area (Å²) >= 11 is 7.47. The molecule has 0 radical (unpaired) electrons. The van der Waals surface area contributed by atoms with Crippen LogP contribution in [0, 0.1) is 0 Å². The summed E-state index contributed by atoms with van der Waals surface area (Å²) in [6.45, 7) is 1.26. The lowest BCUT2D eigenvalue weighted by Crippen LogP contribution is -2.35. The molecule has 0 spiro atoms. The largest absolute Gasteiger partial charge is 0.471 e. The van der Waals surface area contributed by atoms with Gasteiger partial charge in [-0.15, -0.1) is 0 Å². The molecule has 1 amide bonds. The van der Waals surface area contributed by atoms with Gasteiger partial charge in [0, 0.05) is 43.0 Å². The summed E-state index contributed by atoms with van der Waals surface area (Å²) < 4.78 is 48.5. The lowest BCUT2D eigenvalue weighted by atomic mass is 9.86. The molecule has 1 aliphatic rings. The van der Waals surface area contributed by atoms with Gasteiger partial charge in [-0.05, 0) is 35.9 Å². The van der Waals surface area contributed by atoms with E-state index in [4.69, 9.17) is 21.1 Å². The highest BCUT2D eigenvalue weighted by atomic mass is 35.5. The first-order valence-electron chi connectivity index (χ1n) is 8.82. The third-order valence-electron chi connectivity index (χ3n) is 4.73. The van der Waals surface area contributed by atoms with Gasteiger partial charge in [-0.3, -0.25) is 4.79 Å². The van der Waals surface area contributed by atoms with Gasteiger partial charge < -0.3 is 14.8 Å². The molecule has 1 saturated heterocycles. The molecule has 0 aliphatic carbocycles. The van der Waals surface area contributed by atoms with Crippen LogP contribution in [0.15, 0.2) is 52.3 Å². The van der Waals surface area contributed by atoms with Crippen LogP contribution in [0.2, 0.25) is 5.02 Å². The molecule has 1 fully saturated rings. The predicted molar refractivity (Wildman–Crippen MR) is 105 cm³/mol. The summed E-state index contributed by atoms with van der Waals surface area (Å²) in [5, 5.41) is 1.80. The fourth-order valence-electron chi connectivity index (χ4n) is 3.14. The number of nitrogens with one attached hydrogen (secondary N) is 1. The van der Waals surface area contributed by atoms with Crippen LogP contribution in [0.3, 0.4) is 0 Å². The predicted octanol–water partition coefficient (Wildman–Crippen LogP) is 5.64. The normalized spacial score (nSPS) is 16.4. The topological polar surface area (TPSA) is 47.6 Å². The lowest BCUT2D eigenvalue weighted by Gasteiger charge is -2.36. The van der Waals surface area contributed by atoms with E-state index in [2.05, 4.69) is 0 Å². The summed E-state index contributed by atoms with van der Waals surface area (Å²) in [5.41, 5.74) is 0.569. The Morgan fingerprint density at radius 1 is 1.17 bits per heavy atom. The average molecular weight is 446 g/mol. The minimum atomic E-state index is -4.97. The molecule has 1 heterocycles. The second-order valence-electron chi connectivity index (χ2n) is 6.53. The molecular formula is C20H19ClF3NO3S. The van der Waals surface area contributed by atoms with E-state index in [1.165, 1.54) is 23.9 Å². The van der Waals surface area contributed by atoms with E-state index in [1.807, 2.05) is 24.3 Å². The Morgan fingerprint density at radius 2 is 1.86 bits per heavy atom. The van der Waals surface area contributed by atoms with E-state index in [0.717, 1.165) is 28.2 Å². The summed E-state index contributed by atoms with van der Waals surface area (Å²) in [7, 11) is 1.69. The number of ether oxygens (including phenoxy) is 2. The van der Waals surface area contributed by atoms with Crippen molar-refractivity contribution >= 4 is 35.0 Å². The van der Waals surface area contributed by atoms with Crippen LogP contribution in [-0.2, 0) is 19.9 Å². The molecule has 0 atom stereocenters. The average Bonchev–Trinajstić information content (AvgIpc) is 2.70. The molecule has 0 unspecified atom stereocenters.